The summed E-state index contributed by atoms with van der Waals surface area (Å²) in [6, 6.07) is 2.21. The number of hydrogen-bond donors (Lipinski definition) is 2. The van der Waals surface area contributed by atoms with Crippen molar-refractivity contribution in [1.82, 2.24) is 13.8 Å². The minimum atomic E-state index is -1.05. The second kappa shape index (κ2) is 29.5. The topological polar surface area (TPSA) is 127 Å². The number of carbonyl (C=O) groups excluding carboxylic acids is 2. The number of aliphatic hydroxyl groups excluding tert-OH is 2. The summed E-state index contributed by atoms with van der Waals surface area (Å²) in [5.41, 5.74) is 0. The van der Waals surface area contributed by atoms with E-state index in [9.17, 15) is 14.7 Å². The zero-order valence-corrected chi connectivity index (χ0v) is 28.8. The summed E-state index contributed by atoms with van der Waals surface area (Å²) in [5, 5.41) is 25.2. The SMILES string of the molecule is CCC(C(C#N)OC)N(P)PP.CCC(C(O)C(=O)OC)N(C)C.CCC(C=O)N(P)PP.CO.[H+]. The lowest BCUT2D eigenvalue weighted by Gasteiger charge is -2.27. The average molecular weight is 615 g/mol. The van der Waals surface area contributed by atoms with Gasteiger partial charge in [-0.2, -0.15) is 5.26 Å². The van der Waals surface area contributed by atoms with Crippen LogP contribution in [-0.4, -0.2) is 102 Å². The molecule has 0 aromatic heterocycles. The molecule has 35 heavy (non-hydrogen) atoms. The van der Waals surface area contributed by atoms with Crippen LogP contribution < -0.4 is 0 Å². The summed E-state index contributed by atoms with van der Waals surface area (Å²) in [5.74, 6) is -0.574. The Bertz CT molecular complexity index is 557. The molecule has 210 valence electrons. The van der Waals surface area contributed by atoms with Gasteiger partial charge in [0, 0.05) is 20.3 Å². The number of carbonyl (C=O) groups is 2. The Morgan fingerprint density at radius 3 is 1.71 bits per heavy atom. The number of hydrogen-bond acceptors (Lipinski definition) is 10. The van der Waals surface area contributed by atoms with Crippen LogP contribution in [0.5, 0.6) is 0 Å². The van der Waals surface area contributed by atoms with Crippen molar-refractivity contribution in [3.63, 3.8) is 0 Å². The molecule has 0 spiro atoms. The predicted molar refractivity (Wildman–Crippen MR) is 165 cm³/mol. The van der Waals surface area contributed by atoms with Gasteiger partial charge >= 0.3 is 7.40 Å². The van der Waals surface area contributed by atoms with E-state index in [0.717, 1.165) is 26.2 Å². The average Bonchev–Trinajstić information content (AvgIpc) is 2.88. The molecule has 0 aliphatic rings. The molecular weight excluding hydrogens is 566 g/mol. The first-order valence-electron chi connectivity index (χ1n) is 10.8. The van der Waals surface area contributed by atoms with Gasteiger partial charge in [0.1, 0.15) is 6.29 Å². The third kappa shape index (κ3) is 20.6. The maximum absolute atomic E-state index is 10.9. The van der Waals surface area contributed by atoms with Crippen molar-refractivity contribution in [2.24, 2.45) is 0 Å². The second-order valence-electron chi connectivity index (χ2n) is 6.85. The molecule has 11 unspecified atom stereocenters. The van der Waals surface area contributed by atoms with Gasteiger partial charge in [0.2, 0.25) is 0 Å². The molecule has 0 bridgehead atoms. The Morgan fingerprint density at radius 1 is 1.06 bits per heavy atom. The van der Waals surface area contributed by atoms with Crippen molar-refractivity contribution in [1.29, 1.82) is 5.26 Å². The van der Waals surface area contributed by atoms with Crippen LogP contribution in [0.15, 0.2) is 0 Å². The minimum Gasteiger partial charge on any atom is -0.467 e. The number of esters is 1. The fourth-order valence-corrected chi connectivity index (χ4v) is 5.29. The number of likely N-dealkylation sites (N-methyl/N-ethyl adjacent to an activating group) is 1. The van der Waals surface area contributed by atoms with Gasteiger partial charge in [-0.15, -0.1) is 0 Å². The van der Waals surface area contributed by atoms with Crippen molar-refractivity contribution in [3.8, 4) is 6.07 Å². The molecule has 16 heteroatoms. The first-order valence-corrected chi connectivity index (χ1v) is 17.3. The molecule has 11 atom stereocenters. The number of ether oxygens (including phenoxy) is 2. The molecule has 0 rings (SSSR count). The van der Waals surface area contributed by atoms with Crippen LogP contribution in [-0.2, 0) is 19.1 Å². The van der Waals surface area contributed by atoms with Gasteiger partial charge in [-0.05, 0) is 50.2 Å². The van der Waals surface area contributed by atoms with Crippen LogP contribution in [0, 0.1) is 11.3 Å². The molecular formula is C19H49N4O6P6+. The molecule has 0 saturated heterocycles. The number of aldehydes is 1. The van der Waals surface area contributed by atoms with E-state index in [-0.39, 0.29) is 25.7 Å². The number of nitrogens with zero attached hydrogens (tertiary/aromatic N) is 4. The number of aliphatic hydroxyl groups is 2. The molecule has 0 heterocycles. The van der Waals surface area contributed by atoms with E-state index >= 15 is 0 Å². The zero-order chi connectivity index (χ0) is 28.6. The van der Waals surface area contributed by atoms with E-state index in [1.165, 1.54) is 7.11 Å². The summed E-state index contributed by atoms with van der Waals surface area (Å²) in [6.07, 6.45) is 2.11. The maximum Gasteiger partial charge on any atom is 1.00 e. The molecule has 2 N–H and O–H groups in total. The second-order valence-corrected chi connectivity index (χ2v) is 12.1. The lowest BCUT2D eigenvalue weighted by Crippen LogP contribution is -2.43. The molecule has 0 amide bonds. The third-order valence-corrected chi connectivity index (χ3v) is 11.1. The summed E-state index contributed by atoms with van der Waals surface area (Å²) >= 11 is 0. The van der Waals surface area contributed by atoms with E-state index in [2.05, 4.69) is 54.4 Å². The molecule has 0 fully saturated rings. The van der Waals surface area contributed by atoms with E-state index < -0.39 is 12.1 Å². The van der Waals surface area contributed by atoms with Crippen LogP contribution in [0.3, 0.4) is 0 Å². The summed E-state index contributed by atoms with van der Waals surface area (Å²) in [4.78, 5) is 23.0. The Labute approximate surface area is 227 Å². The molecule has 0 aliphatic carbocycles. The highest BCUT2D eigenvalue weighted by molar-refractivity contribution is 8.03. The van der Waals surface area contributed by atoms with Gasteiger partial charge in [0.25, 0.3) is 0 Å². The van der Waals surface area contributed by atoms with E-state index in [4.69, 9.17) is 15.1 Å². The highest BCUT2D eigenvalue weighted by atomic mass is 32.0. The molecule has 10 nitrogen and oxygen atoms in total. The van der Waals surface area contributed by atoms with E-state index in [1.807, 2.05) is 41.7 Å². The molecule has 0 aromatic rings. The van der Waals surface area contributed by atoms with Gasteiger partial charge in [0.05, 0.1) is 25.3 Å². The largest absolute Gasteiger partial charge is 1.00 e. The third-order valence-electron chi connectivity index (χ3n) is 4.63. The summed E-state index contributed by atoms with van der Waals surface area (Å²) in [6.45, 7) is 5.97. The van der Waals surface area contributed by atoms with Gasteiger partial charge in [0.15, 0.2) is 12.2 Å². The standard InChI is InChI=1S/C8H17NO3.C6H15N2OP3.C4H12NOP3.CH4O/c1-5-6(9(2)3)7(10)8(11)12-4;1-3-5(8(10)12-11)6(4-7)9-2;1-2-4(3-6)5(7)9-8;1-2/h6-7,10H,5H2,1-4H3;5-6,12H,3,10-11H2,1-2H3;3-4,9H,2,7-8H2,1H3;2H,1H3/p+1. The maximum atomic E-state index is 10.9. The lowest BCUT2D eigenvalue weighted by atomic mass is 10.1. The summed E-state index contributed by atoms with van der Waals surface area (Å²) in [7, 11) is 19.1. The normalized spacial score (nSPS) is 15.2. The highest BCUT2D eigenvalue weighted by Gasteiger charge is 2.26. The van der Waals surface area contributed by atoms with Crippen LogP contribution in [0.2, 0.25) is 0 Å². The predicted octanol–water partition coefficient (Wildman–Crippen LogP) is 2.80. The number of methoxy groups -OCH3 is 2. The minimum absolute atomic E-state index is 0. The van der Waals surface area contributed by atoms with Crippen molar-refractivity contribution in [2.75, 3.05) is 35.4 Å². The quantitative estimate of drug-likeness (QED) is 0.182. The fraction of sp³-hybridized carbons (Fsp3) is 0.842. The van der Waals surface area contributed by atoms with Crippen molar-refractivity contribution in [3.05, 3.63) is 0 Å². The zero-order valence-electron chi connectivity index (χ0n) is 23.2. The van der Waals surface area contributed by atoms with Crippen LogP contribution in [0.25, 0.3) is 0 Å². The molecule has 0 aliphatic heterocycles. The summed E-state index contributed by atoms with van der Waals surface area (Å²) < 4.78 is 13.5. The van der Waals surface area contributed by atoms with E-state index in [0.29, 0.717) is 23.3 Å². The Morgan fingerprint density at radius 2 is 1.51 bits per heavy atom. The monoisotopic (exact) mass is 615 g/mol. The van der Waals surface area contributed by atoms with Gasteiger partial charge in [-0.1, -0.05) is 57.4 Å². The van der Waals surface area contributed by atoms with Crippen LogP contribution in [0.4, 0.5) is 0 Å². The first-order chi connectivity index (χ1) is 16.5. The Balaban J connectivity index is -0.000000128. The van der Waals surface area contributed by atoms with E-state index in [1.54, 1.807) is 7.11 Å². The molecule has 0 aromatic carbocycles. The van der Waals surface area contributed by atoms with Crippen molar-refractivity contribution < 1.29 is 30.7 Å². The smallest absolute Gasteiger partial charge is 0.467 e. The Hall–Kier alpha value is 0.970. The van der Waals surface area contributed by atoms with Gasteiger partial charge < -0.3 is 29.4 Å². The number of nitriles is 1. The van der Waals surface area contributed by atoms with Gasteiger partial charge in [-0.25, -0.2) is 4.79 Å². The molecule has 0 radical (unpaired) electrons. The Kier molecular flexibility index (Phi) is 36.3. The van der Waals surface area contributed by atoms with Crippen LogP contribution in [0.1, 0.15) is 41.5 Å². The van der Waals surface area contributed by atoms with Crippen LogP contribution >= 0.6 is 53.5 Å². The molecule has 0 saturated carbocycles. The fourth-order valence-electron chi connectivity index (χ4n) is 2.55. The van der Waals surface area contributed by atoms with Crippen molar-refractivity contribution in [2.45, 2.75) is 70.4 Å². The lowest BCUT2D eigenvalue weighted by molar-refractivity contribution is -0.153. The van der Waals surface area contributed by atoms with Gasteiger partial charge in [-0.3, -0.25) is 8.88 Å². The number of rotatable bonds is 13. The highest BCUT2D eigenvalue weighted by Crippen LogP contribution is 2.35. The first kappa shape index (κ1) is 43.0. The van der Waals surface area contributed by atoms with Crippen molar-refractivity contribution >= 4 is 65.7 Å².